The van der Waals surface area contributed by atoms with E-state index in [1.165, 1.54) is 0 Å². The highest BCUT2D eigenvalue weighted by atomic mass is 16.2. The predicted molar refractivity (Wildman–Crippen MR) is 95.6 cm³/mol. The van der Waals surface area contributed by atoms with Gasteiger partial charge in [0, 0.05) is 32.7 Å². The normalized spacial score (nSPS) is 17.1. The average Bonchev–Trinajstić information content (AvgIpc) is 2.60. The molecule has 1 N–H and O–H groups in total. The Morgan fingerprint density at radius 3 is 2.88 bits per heavy atom. The van der Waals surface area contributed by atoms with Crippen LogP contribution in [0.25, 0.3) is 0 Å². The fourth-order valence-corrected chi connectivity index (χ4v) is 3.10. The number of nitrogens with zero attached hydrogens (tertiary/aromatic N) is 3. The Kier molecular flexibility index (Phi) is 6.40. The summed E-state index contributed by atoms with van der Waals surface area (Å²) >= 11 is 0. The molecule has 1 aromatic rings. The Bertz CT molecular complexity index is 666. The van der Waals surface area contributed by atoms with E-state index in [9.17, 15) is 9.59 Å². The van der Waals surface area contributed by atoms with Gasteiger partial charge in [-0.25, -0.2) is 4.79 Å². The van der Waals surface area contributed by atoms with Gasteiger partial charge in [-0.15, -0.1) is 0 Å². The lowest BCUT2D eigenvalue weighted by atomic mass is 9.96. The third-order valence-electron chi connectivity index (χ3n) is 4.32. The van der Waals surface area contributed by atoms with E-state index in [-0.39, 0.29) is 23.9 Å². The van der Waals surface area contributed by atoms with Gasteiger partial charge in [-0.1, -0.05) is 12.1 Å². The Morgan fingerprint density at radius 2 is 2.20 bits per heavy atom. The first-order valence-corrected chi connectivity index (χ1v) is 8.70. The quantitative estimate of drug-likeness (QED) is 0.912. The van der Waals surface area contributed by atoms with Gasteiger partial charge in [0.15, 0.2) is 0 Å². The van der Waals surface area contributed by atoms with Crippen LogP contribution >= 0.6 is 0 Å². The Balaban J connectivity index is 1.96. The van der Waals surface area contributed by atoms with E-state index in [1.54, 1.807) is 29.0 Å². The molecule has 1 heterocycles. The molecule has 0 radical (unpaired) electrons. The number of carbonyl (C=O) groups excluding carboxylic acids is 2. The first-order valence-electron chi connectivity index (χ1n) is 8.70. The molecule has 1 fully saturated rings. The predicted octanol–water partition coefficient (Wildman–Crippen LogP) is 2.35. The topological polar surface area (TPSA) is 76.4 Å². The number of likely N-dealkylation sites (tertiary alicyclic amines) is 1. The van der Waals surface area contributed by atoms with Crippen LogP contribution in [-0.2, 0) is 11.3 Å². The van der Waals surface area contributed by atoms with Gasteiger partial charge in [0.25, 0.3) is 0 Å². The molecule has 1 saturated heterocycles. The van der Waals surface area contributed by atoms with Crippen LogP contribution in [-0.4, -0.2) is 47.9 Å². The third-order valence-corrected chi connectivity index (χ3v) is 4.32. The maximum Gasteiger partial charge on any atom is 0.317 e. The van der Waals surface area contributed by atoms with Crippen LogP contribution in [0.5, 0.6) is 0 Å². The first-order chi connectivity index (χ1) is 11.9. The van der Waals surface area contributed by atoms with Crippen LogP contribution in [0, 0.1) is 17.2 Å². The van der Waals surface area contributed by atoms with Crippen molar-refractivity contribution in [1.29, 1.82) is 5.26 Å². The van der Waals surface area contributed by atoms with E-state index in [4.69, 9.17) is 5.26 Å². The van der Waals surface area contributed by atoms with Crippen molar-refractivity contribution in [2.75, 3.05) is 20.1 Å². The van der Waals surface area contributed by atoms with Crippen molar-refractivity contribution in [2.24, 2.45) is 5.92 Å². The monoisotopic (exact) mass is 342 g/mol. The molecule has 1 aliphatic rings. The molecule has 6 nitrogen and oxygen atoms in total. The van der Waals surface area contributed by atoms with Crippen molar-refractivity contribution in [3.05, 3.63) is 35.4 Å². The number of amides is 3. The second kappa shape index (κ2) is 8.52. The number of hydrogen-bond acceptors (Lipinski definition) is 3. The van der Waals surface area contributed by atoms with Gasteiger partial charge in [-0.05, 0) is 44.4 Å². The summed E-state index contributed by atoms with van der Waals surface area (Å²) in [6.07, 6.45) is 1.63. The molecule has 1 aliphatic heterocycles. The summed E-state index contributed by atoms with van der Waals surface area (Å²) in [6, 6.07) is 9.38. The van der Waals surface area contributed by atoms with E-state index in [2.05, 4.69) is 11.4 Å². The van der Waals surface area contributed by atoms with E-state index in [0.717, 1.165) is 18.4 Å². The zero-order chi connectivity index (χ0) is 18.4. The molecule has 0 aromatic heterocycles. The van der Waals surface area contributed by atoms with Crippen LogP contribution in [0.3, 0.4) is 0 Å². The number of rotatable bonds is 4. The van der Waals surface area contributed by atoms with E-state index in [1.807, 2.05) is 26.0 Å². The smallest absolute Gasteiger partial charge is 0.317 e. The molecular formula is C19H26N4O2. The largest absolute Gasteiger partial charge is 0.341 e. The first kappa shape index (κ1) is 18.8. The summed E-state index contributed by atoms with van der Waals surface area (Å²) in [7, 11) is 1.77. The summed E-state index contributed by atoms with van der Waals surface area (Å²) in [5, 5.41) is 11.9. The second-order valence-electron chi connectivity index (χ2n) is 6.90. The zero-order valence-corrected chi connectivity index (χ0v) is 15.2. The summed E-state index contributed by atoms with van der Waals surface area (Å²) in [6.45, 7) is 5.46. The van der Waals surface area contributed by atoms with Crippen molar-refractivity contribution in [3.63, 3.8) is 0 Å². The van der Waals surface area contributed by atoms with Gasteiger partial charge in [-0.3, -0.25) is 4.79 Å². The zero-order valence-electron chi connectivity index (χ0n) is 15.2. The Labute approximate surface area is 149 Å². The lowest BCUT2D eigenvalue weighted by molar-refractivity contribution is -0.136. The summed E-state index contributed by atoms with van der Waals surface area (Å²) in [5.74, 6) is -0.125. The lowest BCUT2D eigenvalue weighted by Crippen LogP contribution is -2.50. The van der Waals surface area contributed by atoms with Crippen LogP contribution in [0.4, 0.5) is 4.79 Å². The molecular weight excluding hydrogens is 316 g/mol. The van der Waals surface area contributed by atoms with Crippen molar-refractivity contribution in [1.82, 2.24) is 15.1 Å². The summed E-state index contributed by atoms with van der Waals surface area (Å²) in [5.41, 5.74) is 1.52. The van der Waals surface area contributed by atoms with Gasteiger partial charge in [0.05, 0.1) is 17.6 Å². The molecule has 0 bridgehead atoms. The second-order valence-corrected chi connectivity index (χ2v) is 6.90. The van der Waals surface area contributed by atoms with Crippen molar-refractivity contribution in [2.45, 2.75) is 39.3 Å². The molecule has 6 heteroatoms. The molecule has 1 atom stereocenters. The molecule has 1 aromatic carbocycles. The number of hydrogen-bond donors (Lipinski definition) is 1. The maximum atomic E-state index is 12.7. The summed E-state index contributed by atoms with van der Waals surface area (Å²) < 4.78 is 0. The molecule has 3 amide bonds. The fourth-order valence-electron chi connectivity index (χ4n) is 3.10. The third kappa shape index (κ3) is 5.21. The number of nitrogens with one attached hydrogen (secondary N) is 1. The number of carbonyl (C=O) groups is 2. The van der Waals surface area contributed by atoms with Crippen LogP contribution in [0.1, 0.15) is 37.8 Å². The number of urea groups is 1. The van der Waals surface area contributed by atoms with Crippen molar-refractivity contribution < 1.29 is 9.59 Å². The molecule has 0 spiro atoms. The average molecular weight is 342 g/mol. The van der Waals surface area contributed by atoms with Gasteiger partial charge < -0.3 is 15.1 Å². The molecule has 2 rings (SSSR count). The molecule has 0 aliphatic carbocycles. The molecule has 0 unspecified atom stereocenters. The van der Waals surface area contributed by atoms with E-state index >= 15 is 0 Å². The Morgan fingerprint density at radius 1 is 1.44 bits per heavy atom. The molecule has 0 saturated carbocycles. The SMILES string of the molecule is CC(C)NC(=O)N1CCC[C@H](C(=O)N(C)Cc2cccc(C#N)c2)C1. The minimum Gasteiger partial charge on any atom is -0.341 e. The van der Waals surface area contributed by atoms with Crippen molar-refractivity contribution in [3.8, 4) is 6.07 Å². The molecule has 25 heavy (non-hydrogen) atoms. The van der Waals surface area contributed by atoms with Gasteiger partial charge in [0.2, 0.25) is 5.91 Å². The van der Waals surface area contributed by atoms with Crippen LogP contribution in [0.2, 0.25) is 0 Å². The highest BCUT2D eigenvalue weighted by Gasteiger charge is 2.30. The Hall–Kier alpha value is -2.55. The van der Waals surface area contributed by atoms with E-state index in [0.29, 0.717) is 25.2 Å². The fraction of sp³-hybridized carbons (Fsp3) is 0.526. The standard InChI is InChI=1S/C19H26N4O2/c1-14(2)21-19(25)23-9-5-8-17(13-23)18(24)22(3)12-16-7-4-6-15(10-16)11-20/h4,6-7,10,14,17H,5,8-9,12-13H2,1-3H3,(H,21,25)/t17-/m0/s1. The number of benzene rings is 1. The van der Waals surface area contributed by atoms with Gasteiger partial charge in [-0.2, -0.15) is 5.26 Å². The van der Waals surface area contributed by atoms with Crippen molar-refractivity contribution >= 4 is 11.9 Å². The van der Waals surface area contributed by atoms with Gasteiger partial charge in [0.1, 0.15) is 0 Å². The van der Waals surface area contributed by atoms with Gasteiger partial charge >= 0.3 is 6.03 Å². The minimum atomic E-state index is -0.171. The maximum absolute atomic E-state index is 12.7. The number of nitriles is 1. The highest BCUT2D eigenvalue weighted by molar-refractivity contribution is 5.80. The minimum absolute atomic E-state index is 0.0457. The summed E-state index contributed by atoms with van der Waals surface area (Å²) in [4.78, 5) is 28.3. The highest BCUT2D eigenvalue weighted by Crippen LogP contribution is 2.20. The van der Waals surface area contributed by atoms with Crippen LogP contribution in [0.15, 0.2) is 24.3 Å². The van der Waals surface area contributed by atoms with E-state index < -0.39 is 0 Å². The number of piperidine rings is 1. The van der Waals surface area contributed by atoms with Crippen LogP contribution < -0.4 is 5.32 Å². The lowest BCUT2D eigenvalue weighted by Gasteiger charge is -2.34. The molecule has 134 valence electrons.